The highest BCUT2D eigenvalue weighted by Gasteiger charge is 2.22. The minimum absolute atomic E-state index is 0.571. The van der Waals surface area contributed by atoms with Crippen molar-refractivity contribution >= 4 is 65.7 Å². The summed E-state index contributed by atoms with van der Waals surface area (Å²) < 4.78 is 15.1. The Morgan fingerprint density at radius 1 is 0.373 bits per heavy atom. The van der Waals surface area contributed by atoms with E-state index < -0.39 is 0 Å². The lowest BCUT2D eigenvalue weighted by Crippen LogP contribution is -2.00. The zero-order chi connectivity index (χ0) is 33.5. The molecule has 0 spiro atoms. The standard InChI is InChI=1S/C45H26N4O2/c1-2-12-27(13-3-1)43-46-44(28-24-25-38-33(26-28)31-16-6-9-21-37(31)50-38)48-45(47-43)32-17-10-22-39-41(32)42-36(20-11-23-40(42)51-39)49-34-18-7-4-14-29(34)30-15-5-8-19-35(30)49/h1-26H. The third-order valence-electron chi connectivity index (χ3n) is 9.86. The maximum atomic E-state index is 6.59. The van der Waals surface area contributed by atoms with Gasteiger partial charge in [-0.05, 0) is 54.6 Å². The van der Waals surface area contributed by atoms with Gasteiger partial charge >= 0.3 is 0 Å². The summed E-state index contributed by atoms with van der Waals surface area (Å²) in [4.78, 5) is 15.4. The van der Waals surface area contributed by atoms with Crippen LogP contribution in [0.15, 0.2) is 167 Å². The second-order valence-electron chi connectivity index (χ2n) is 12.8. The molecule has 0 bridgehead atoms. The van der Waals surface area contributed by atoms with Gasteiger partial charge in [0, 0.05) is 43.6 Å². The molecule has 0 aliphatic rings. The van der Waals surface area contributed by atoms with Crippen LogP contribution in [-0.2, 0) is 0 Å². The van der Waals surface area contributed by atoms with E-state index in [0.29, 0.717) is 17.5 Å². The van der Waals surface area contributed by atoms with Crippen LogP contribution in [0.1, 0.15) is 0 Å². The van der Waals surface area contributed by atoms with Gasteiger partial charge in [0.2, 0.25) is 0 Å². The fourth-order valence-electron chi connectivity index (χ4n) is 7.61. The SMILES string of the molecule is c1ccc(-c2nc(-c3ccc4oc5ccccc5c4c3)nc(-c3cccc4oc5cccc(-n6c7ccccc7c7ccccc76)c5c34)n2)cc1. The molecule has 4 heterocycles. The number of nitrogens with zero attached hydrogens (tertiary/aromatic N) is 4. The molecule has 0 saturated heterocycles. The summed E-state index contributed by atoms with van der Waals surface area (Å²) >= 11 is 0. The molecule has 6 nitrogen and oxygen atoms in total. The molecule has 0 N–H and O–H groups in total. The van der Waals surface area contributed by atoms with Crippen LogP contribution < -0.4 is 0 Å². The quantitative estimate of drug-likeness (QED) is 0.189. The molecule has 11 rings (SSSR count). The second-order valence-corrected chi connectivity index (χ2v) is 12.8. The lowest BCUT2D eigenvalue weighted by molar-refractivity contribution is 0.668. The highest BCUT2D eigenvalue weighted by Crippen LogP contribution is 2.42. The molecule has 51 heavy (non-hydrogen) atoms. The smallest absolute Gasteiger partial charge is 0.164 e. The van der Waals surface area contributed by atoms with Crippen LogP contribution in [0.5, 0.6) is 0 Å². The number of fused-ring (bicyclic) bond motifs is 9. The predicted octanol–water partition coefficient (Wildman–Crippen LogP) is 11.8. The van der Waals surface area contributed by atoms with Crippen molar-refractivity contribution in [3.05, 3.63) is 158 Å². The first-order valence-electron chi connectivity index (χ1n) is 16.9. The minimum atomic E-state index is 0.571. The Morgan fingerprint density at radius 3 is 1.73 bits per heavy atom. The topological polar surface area (TPSA) is 69.9 Å². The van der Waals surface area contributed by atoms with Crippen LogP contribution in [0.2, 0.25) is 0 Å². The van der Waals surface area contributed by atoms with Gasteiger partial charge in [0.15, 0.2) is 17.5 Å². The molecule has 0 saturated carbocycles. The van der Waals surface area contributed by atoms with Crippen molar-refractivity contribution < 1.29 is 8.83 Å². The van der Waals surface area contributed by atoms with E-state index in [2.05, 4.69) is 83.4 Å². The summed E-state index contributed by atoms with van der Waals surface area (Å²) in [5.74, 6) is 1.75. The van der Waals surface area contributed by atoms with Gasteiger partial charge < -0.3 is 13.4 Å². The summed E-state index contributed by atoms with van der Waals surface area (Å²) in [6.07, 6.45) is 0. The Morgan fingerprint density at radius 2 is 0.941 bits per heavy atom. The number of para-hydroxylation sites is 3. The molecule has 0 fully saturated rings. The summed E-state index contributed by atoms with van der Waals surface area (Å²) in [5, 5.41) is 6.44. The van der Waals surface area contributed by atoms with E-state index in [1.54, 1.807) is 0 Å². The first-order chi connectivity index (χ1) is 25.3. The largest absolute Gasteiger partial charge is 0.456 e. The number of rotatable bonds is 4. The lowest BCUT2D eigenvalue weighted by Gasteiger charge is -2.11. The Hall–Kier alpha value is -7.05. The van der Waals surface area contributed by atoms with Crippen molar-refractivity contribution in [2.24, 2.45) is 0 Å². The van der Waals surface area contributed by atoms with Gasteiger partial charge in [0.05, 0.1) is 22.1 Å². The molecular formula is C45H26N4O2. The number of benzene rings is 7. The van der Waals surface area contributed by atoms with Gasteiger partial charge in [-0.2, -0.15) is 0 Å². The van der Waals surface area contributed by atoms with Crippen molar-refractivity contribution in [1.82, 2.24) is 19.5 Å². The predicted molar refractivity (Wildman–Crippen MR) is 205 cm³/mol. The van der Waals surface area contributed by atoms with E-state index >= 15 is 0 Å². The van der Waals surface area contributed by atoms with Crippen molar-refractivity contribution in [2.75, 3.05) is 0 Å². The number of hydrogen-bond acceptors (Lipinski definition) is 5. The Kier molecular flexibility index (Phi) is 5.86. The molecule has 0 amide bonds. The Labute approximate surface area is 290 Å². The minimum Gasteiger partial charge on any atom is -0.456 e. The van der Waals surface area contributed by atoms with Gasteiger partial charge in [-0.3, -0.25) is 0 Å². The maximum absolute atomic E-state index is 6.59. The number of hydrogen-bond donors (Lipinski definition) is 0. The summed E-state index contributed by atoms with van der Waals surface area (Å²) in [7, 11) is 0. The lowest BCUT2D eigenvalue weighted by atomic mass is 10.0. The Bertz CT molecular complexity index is 3100. The van der Waals surface area contributed by atoms with Gasteiger partial charge in [0.25, 0.3) is 0 Å². The number of aromatic nitrogens is 4. The molecule has 0 atom stereocenters. The number of furan rings is 2. The molecule has 0 aliphatic heterocycles. The van der Waals surface area contributed by atoms with E-state index in [1.807, 2.05) is 78.9 Å². The fraction of sp³-hybridized carbons (Fsp3) is 0. The van der Waals surface area contributed by atoms with Gasteiger partial charge in [-0.25, -0.2) is 15.0 Å². The molecule has 11 aromatic rings. The van der Waals surface area contributed by atoms with Crippen molar-refractivity contribution in [3.8, 4) is 39.9 Å². The van der Waals surface area contributed by atoms with Crippen LogP contribution in [-0.4, -0.2) is 19.5 Å². The maximum Gasteiger partial charge on any atom is 0.164 e. The molecule has 6 heteroatoms. The summed E-state index contributed by atoms with van der Waals surface area (Å²) in [6.45, 7) is 0. The van der Waals surface area contributed by atoms with Crippen LogP contribution in [0.25, 0.3) is 106 Å². The molecular weight excluding hydrogens is 629 g/mol. The van der Waals surface area contributed by atoms with Gasteiger partial charge in [-0.15, -0.1) is 0 Å². The second kappa shape index (κ2) is 10.7. The van der Waals surface area contributed by atoms with Crippen molar-refractivity contribution in [3.63, 3.8) is 0 Å². The fourth-order valence-corrected chi connectivity index (χ4v) is 7.61. The van der Waals surface area contributed by atoms with Gasteiger partial charge in [-0.1, -0.05) is 103 Å². The van der Waals surface area contributed by atoms with Crippen LogP contribution >= 0.6 is 0 Å². The Balaban J connectivity index is 1.20. The first-order valence-corrected chi connectivity index (χ1v) is 16.9. The van der Waals surface area contributed by atoms with E-state index in [9.17, 15) is 0 Å². The van der Waals surface area contributed by atoms with E-state index in [0.717, 1.165) is 77.3 Å². The first kappa shape index (κ1) is 27.9. The van der Waals surface area contributed by atoms with Crippen LogP contribution in [0, 0.1) is 0 Å². The van der Waals surface area contributed by atoms with Crippen LogP contribution in [0.4, 0.5) is 0 Å². The zero-order valence-corrected chi connectivity index (χ0v) is 27.1. The summed E-state index contributed by atoms with van der Waals surface area (Å²) in [5.41, 5.74) is 9.20. The average molecular weight is 655 g/mol. The normalized spacial score (nSPS) is 11.9. The van der Waals surface area contributed by atoms with E-state index in [1.165, 1.54) is 10.8 Å². The van der Waals surface area contributed by atoms with E-state index in [4.69, 9.17) is 23.8 Å². The highest BCUT2D eigenvalue weighted by molar-refractivity contribution is 6.17. The molecule has 4 aromatic heterocycles. The molecule has 238 valence electrons. The molecule has 7 aromatic carbocycles. The van der Waals surface area contributed by atoms with Crippen molar-refractivity contribution in [2.45, 2.75) is 0 Å². The molecule has 0 radical (unpaired) electrons. The van der Waals surface area contributed by atoms with Crippen LogP contribution in [0.3, 0.4) is 0 Å². The average Bonchev–Trinajstić information content (AvgIpc) is 3.87. The summed E-state index contributed by atoms with van der Waals surface area (Å²) in [6, 6.07) is 53.8. The third kappa shape index (κ3) is 4.20. The zero-order valence-electron chi connectivity index (χ0n) is 27.1. The van der Waals surface area contributed by atoms with Crippen molar-refractivity contribution in [1.29, 1.82) is 0 Å². The third-order valence-corrected chi connectivity index (χ3v) is 9.86. The monoisotopic (exact) mass is 654 g/mol. The highest BCUT2D eigenvalue weighted by atomic mass is 16.3. The molecule has 0 aliphatic carbocycles. The van der Waals surface area contributed by atoms with Gasteiger partial charge in [0.1, 0.15) is 22.3 Å². The van der Waals surface area contributed by atoms with E-state index in [-0.39, 0.29) is 0 Å². The molecule has 0 unspecified atom stereocenters.